The number of hydrogen-bond donors (Lipinski definition) is 1. The van der Waals surface area contributed by atoms with Gasteiger partial charge >= 0.3 is 0 Å². The molecule has 1 aliphatic rings. The Morgan fingerprint density at radius 3 is 2.59 bits per heavy atom. The molecule has 2 aromatic rings. The highest BCUT2D eigenvalue weighted by molar-refractivity contribution is 7.16. The van der Waals surface area contributed by atoms with Crippen molar-refractivity contribution in [3.63, 3.8) is 0 Å². The van der Waals surface area contributed by atoms with Crippen molar-refractivity contribution in [2.24, 2.45) is 0 Å². The first kappa shape index (κ1) is 10.5. The third kappa shape index (κ3) is 1.85. The van der Waals surface area contributed by atoms with Gasteiger partial charge in [-0.3, -0.25) is 0 Å². The largest absolute Gasteiger partial charge is 0.486 e. The molecule has 0 radical (unpaired) electrons. The maximum absolute atomic E-state index is 5.82. The number of anilines is 1. The summed E-state index contributed by atoms with van der Waals surface area (Å²) in [6.45, 7) is 3.31. The zero-order valence-corrected chi connectivity index (χ0v) is 10.3. The summed E-state index contributed by atoms with van der Waals surface area (Å²) in [5.74, 6) is 1.64. The second kappa shape index (κ2) is 3.96. The Labute approximate surface area is 104 Å². The third-order valence-corrected chi connectivity index (χ3v) is 3.67. The molecule has 17 heavy (non-hydrogen) atoms. The van der Waals surface area contributed by atoms with Crippen molar-refractivity contribution in [2.45, 2.75) is 6.92 Å². The Bertz CT molecular complexity index is 563. The maximum Gasteiger partial charge on any atom is 0.161 e. The van der Waals surface area contributed by atoms with Crippen LogP contribution in [0.5, 0.6) is 11.5 Å². The van der Waals surface area contributed by atoms with Gasteiger partial charge in [-0.1, -0.05) is 6.07 Å². The monoisotopic (exact) mass is 247 g/mol. The van der Waals surface area contributed by atoms with Crippen LogP contribution in [0.1, 0.15) is 4.88 Å². The molecular weight excluding hydrogens is 234 g/mol. The van der Waals surface area contributed by atoms with Gasteiger partial charge in [0.05, 0.1) is 5.00 Å². The number of rotatable bonds is 1. The van der Waals surface area contributed by atoms with Gasteiger partial charge in [0.2, 0.25) is 0 Å². The standard InChI is InChI=1S/C13H13NO2S/c1-8-10(7-13(14)17-8)9-2-3-11-12(6-9)16-5-4-15-11/h2-3,6-7H,4-5,14H2,1H3. The zero-order valence-electron chi connectivity index (χ0n) is 9.53. The van der Waals surface area contributed by atoms with Crippen molar-refractivity contribution in [3.8, 4) is 22.6 Å². The summed E-state index contributed by atoms with van der Waals surface area (Å²) in [4.78, 5) is 1.22. The number of thiophene rings is 1. The molecule has 0 saturated carbocycles. The van der Waals surface area contributed by atoms with E-state index in [0.717, 1.165) is 22.1 Å². The van der Waals surface area contributed by atoms with Gasteiger partial charge in [-0.25, -0.2) is 0 Å². The lowest BCUT2D eigenvalue weighted by Crippen LogP contribution is -2.15. The summed E-state index contributed by atoms with van der Waals surface area (Å²) < 4.78 is 11.1. The normalized spacial score (nSPS) is 13.7. The van der Waals surface area contributed by atoms with E-state index in [1.165, 1.54) is 10.4 Å². The van der Waals surface area contributed by atoms with Gasteiger partial charge in [0.1, 0.15) is 13.2 Å². The molecule has 1 aromatic heterocycles. The molecule has 0 aliphatic carbocycles. The predicted molar refractivity (Wildman–Crippen MR) is 69.9 cm³/mol. The first-order valence-corrected chi connectivity index (χ1v) is 6.31. The van der Waals surface area contributed by atoms with E-state index in [1.807, 2.05) is 24.3 Å². The first-order valence-electron chi connectivity index (χ1n) is 5.50. The lowest BCUT2D eigenvalue weighted by molar-refractivity contribution is 0.171. The summed E-state index contributed by atoms with van der Waals surface area (Å²) in [7, 11) is 0. The highest BCUT2D eigenvalue weighted by atomic mass is 32.1. The number of hydrogen-bond acceptors (Lipinski definition) is 4. The van der Waals surface area contributed by atoms with E-state index in [1.54, 1.807) is 11.3 Å². The van der Waals surface area contributed by atoms with E-state index in [9.17, 15) is 0 Å². The lowest BCUT2D eigenvalue weighted by Gasteiger charge is -2.18. The van der Waals surface area contributed by atoms with Gasteiger partial charge in [-0.15, -0.1) is 11.3 Å². The van der Waals surface area contributed by atoms with Crippen LogP contribution in [0.2, 0.25) is 0 Å². The Kier molecular flexibility index (Phi) is 2.44. The molecule has 0 spiro atoms. The lowest BCUT2D eigenvalue weighted by atomic mass is 10.1. The van der Waals surface area contributed by atoms with Gasteiger partial charge in [0, 0.05) is 4.88 Å². The van der Waals surface area contributed by atoms with Crippen LogP contribution in [0.25, 0.3) is 11.1 Å². The molecule has 4 heteroatoms. The van der Waals surface area contributed by atoms with Gasteiger partial charge in [0.25, 0.3) is 0 Å². The molecule has 88 valence electrons. The Morgan fingerprint density at radius 2 is 1.88 bits per heavy atom. The van der Waals surface area contributed by atoms with E-state index in [4.69, 9.17) is 15.2 Å². The highest BCUT2D eigenvalue weighted by Gasteiger charge is 2.14. The van der Waals surface area contributed by atoms with Crippen LogP contribution in [-0.4, -0.2) is 13.2 Å². The molecule has 0 atom stereocenters. The second-order valence-corrected chi connectivity index (χ2v) is 5.26. The van der Waals surface area contributed by atoms with E-state index < -0.39 is 0 Å². The number of ether oxygens (including phenoxy) is 2. The van der Waals surface area contributed by atoms with Crippen molar-refractivity contribution in [1.29, 1.82) is 0 Å². The molecule has 3 rings (SSSR count). The van der Waals surface area contributed by atoms with E-state index in [2.05, 4.69) is 6.92 Å². The Morgan fingerprint density at radius 1 is 1.12 bits per heavy atom. The molecule has 0 bridgehead atoms. The van der Waals surface area contributed by atoms with E-state index in [-0.39, 0.29) is 0 Å². The number of nitrogens with two attached hydrogens (primary N) is 1. The summed E-state index contributed by atoms with van der Waals surface area (Å²) >= 11 is 1.61. The van der Waals surface area contributed by atoms with Crippen LogP contribution in [0, 0.1) is 6.92 Å². The molecule has 1 aromatic carbocycles. The molecular formula is C13H13NO2S. The van der Waals surface area contributed by atoms with Crippen molar-refractivity contribution in [3.05, 3.63) is 29.1 Å². The fourth-order valence-electron chi connectivity index (χ4n) is 2.00. The number of aryl methyl sites for hydroxylation is 1. The quantitative estimate of drug-likeness (QED) is 0.842. The highest BCUT2D eigenvalue weighted by Crippen LogP contribution is 2.38. The Hall–Kier alpha value is -1.68. The number of fused-ring (bicyclic) bond motifs is 1. The summed E-state index contributed by atoms with van der Waals surface area (Å²) in [6.07, 6.45) is 0. The average Bonchev–Trinajstić information content (AvgIpc) is 2.68. The average molecular weight is 247 g/mol. The first-order chi connectivity index (χ1) is 8.24. The molecule has 1 aliphatic heterocycles. The van der Waals surface area contributed by atoms with E-state index >= 15 is 0 Å². The molecule has 2 N–H and O–H groups in total. The van der Waals surface area contributed by atoms with Crippen LogP contribution >= 0.6 is 11.3 Å². The Balaban J connectivity index is 2.06. The van der Waals surface area contributed by atoms with Crippen LogP contribution in [0.15, 0.2) is 24.3 Å². The minimum atomic E-state index is 0.612. The molecule has 2 heterocycles. The number of nitrogen functional groups attached to an aromatic ring is 1. The van der Waals surface area contributed by atoms with Crippen molar-refractivity contribution < 1.29 is 9.47 Å². The number of benzene rings is 1. The molecule has 0 fully saturated rings. The maximum atomic E-state index is 5.82. The molecule has 0 amide bonds. The molecule has 0 saturated heterocycles. The minimum absolute atomic E-state index is 0.612. The smallest absolute Gasteiger partial charge is 0.161 e. The van der Waals surface area contributed by atoms with Gasteiger partial charge in [-0.05, 0) is 36.2 Å². The summed E-state index contributed by atoms with van der Waals surface area (Å²) in [5, 5.41) is 0.840. The van der Waals surface area contributed by atoms with E-state index in [0.29, 0.717) is 13.2 Å². The SMILES string of the molecule is Cc1sc(N)cc1-c1ccc2c(c1)OCCO2. The van der Waals surface area contributed by atoms with Crippen molar-refractivity contribution >= 4 is 16.3 Å². The van der Waals surface area contributed by atoms with Crippen molar-refractivity contribution in [1.82, 2.24) is 0 Å². The molecule has 3 nitrogen and oxygen atoms in total. The second-order valence-electron chi connectivity index (χ2n) is 3.98. The van der Waals surface area contributed by atoms with Gasteiger partial charge in [0.15, 0.2) is 11.5 Å². The topological polar surface area (TPSA) is 44.5 Å². The van der Waals surface area contributed by atoms with Crippen molar-refractivity contribution in [2.75, 3.05) is 18.9 Å². The van der Waals surface area contributed by atoms with Gasteiger partial charge < -0.3 is 15.2 Å². The fourth-order valence-corrected chi connectivity index (χ4v) is 2.82. The minimum Gasteiger partial charge on any atom is -0.486 e. The molecule has 0 unspecified atom stereocenters. The van der Waals surface area contributed by atoms with Crippen LogP contribution in [-0.2, 0) is 0 Å². The zero-order chi connectivity index (χ0) is 11.8. The van der Waals surface area contributed by atoms with Crippen LogP contribution in [0.3, 0.4) is 0 Å². The third-order valence-electron chi connectivity index (χ3n) is 2.79. The van der Waals surface area contributed by atoms with Gasteiger partial charge in [-0.2, -0.15) is 0 Å². The van der Waals surface area contributed by atoms with Crippen LogP contribution in [0.4, 0.5) is 5.00 Å². The van der Waals surface area contributed by atoms with Crippen LogP contribution < -0.4 is 15.2 Å². The summed E-state index contributed by atoms with van der Waals surface area (Å²) in [6, 6.07) is 8.02. The summed E-state index contributed by atoms with van der Waals surface area (Å²) in [5.41, 5.74) is 8.11. The fraction of sp³-hybridized carbons (Fsp3) is 0.231. The predicted octanol–water partition coefficient (Wildman–Crippen LogP) is 3.08.